The molecule has 118 valence electrons. The topological polar surface area (TPSA) is 56.1 Å². The van der Waals surface area contributed by atoms with E-state index in [0.29, 0.717) is 10.8 Å². The molecule has 0 unspecified atom stereocenters. The molecule has 0 bridgehead atoms. The van der Waals surface area contributed by atoms with Gasteiger partial charge in [-0.15, -0.1) is 0 Å². The number of alkyl halides is 3. The van der Waals surface area contributed by atoms with Crippen LogP contribution in [0.15, 0.2) is 36.4 Å². The number of halogens is 3. The summed E-state index contributed by atoms with van der Waals surface area (Å²) in [6.45, 7) is -0.0584. The fourth-order valence-corrected chi connectivity index (χ4v) is 2.87. The van der Waals surface area contributed by atoms with E-state index in [1.165, 1.54) is 6.07 Å². The number of nitrogens with one attached hydrogen (secondary N) is 1. The molecule has 1 aliphatic rings. The van der Waals surface area contributed by atoms with Crippen LogP contribution < -0.4 is 5.43 Å². The highest BCUT2D eigenvalue weighted by atomic mass is 19.4. The third-order valence-electron chi connectivity index (χ3n) is 3.83. The Morgan fingerprint density at radius 2 is 1.96 bits per heavy atom. The molecule has 23 heavy (non-hydrogen) atoms. The average molecular weight is 319 g/mol. The van der Waals surface area contributed by atoms with Crippen molar-refractivity contribution in [2.45, 2.75) is 18.6 Å². The van der Waals surface area contributed by atoms with Gasteiger partial charge in [0.25, 0.3) is 0 Å². The molecule has 2 aromatic rings. The third kappa shape index (κ3) is 2.73. The third-order valence-corrected chi connectivity index (χ3v) is 3.83. The van der Waals surface area contributed by atoms with E-state index < -0.39 is 18.1 Å². The van der Waals surface area contributed by atoms with Gasteiger partial charge in [0.2, 0.25) is 5.91 Å². The predicted octanol–water partition coefficient (Wildman–Crippen LogP) is 3.05. The van der Waals surface area contributed by atoms with Crippen molar-refractivity contribution in [2.75, 3.05) is 6.54 Å². The highest BCUT2D eigenvalue weighted by molar-refractivity contribution is 5.88. The first-order valence-electron chi connectivity index (χ1n) is 6.96. The van der Waals surface area contributed by atoms with E-state index in [9.17, 15) is 23.2 Å². The molecule has 1 amide bonds. The van der Waals surface area contributed by atoms with Gasteiger partial charge in [-0.3, -0.25) is 10.2 Å². The summed E-state index contributed by atoms with van der Waals surface area (Å²) in [4.78, 5) is 11.3. The van der Waals surface area contributed by atoms with Crippen LogP contribution in [0.3, 0.4) is 0 Å². The van der Waals surface area contributed by atoms with Crippen LogP contribution in [0.2, 0.25) is 0 Å². The molecular formula is C16H12F3N3O. The minimum absolute atomic E-state index is 0.000761. The highest BCUT2D eigenvalue weighted by Crippen LogP contribution is 2.42. The molecule has 1 fully saturated rings. The van der Waals surface area contributed by atoms with Gasteiger partial charge >= 0.3 is 6.18 Å². The van der Waals surface area contributed by atoms with E-state index >= 15 is 0 Å². The Morgan fingerprint density at radius 1 is 1.22 bits per heavy atom. The minimum Gasteiger partial charge on any atom is -0.288 e. The maximum Gasteiger partial charge on any atom is 0.409 e. The number of nitrogens with zero attached hydrogens (tertiary/aromatic N) is 2. The number of rotatable bonds is 2. The van der Waals surface area contributed by atoms with E-state index in [1.54, 1.807) is 30.3 Å². The van der Waals surface area contributed by atoms with Gasteiger partial charge in [-0.2, -0.15) is 18.4 Å². The standard InChI is InChI=1S/C16H12F3N3O/c17-16(18,19)15(22-8-7-13(23)21-22)14-11(9-20)6-5-10-3-1-2-4-12(10)14/h1-6,15H,7-8H2,(H,21,23)/t15-/m0/s1. The second-order valence-electron chi connectivity index (χ2n) is 5.28. The predicted molar refractivity (Wildman–Crippen MR) is 76.9 cm³/mol. The molecule has 0 radical (unpaired) electrons. The molecule has 0 saturated carbocycles. The number of carbonyl (C=O) groups excluding carboxylic acids is 1. The summed E-state index contributed by atoms with van der Waals surface area (Å²) >= 11 is 0. The number of hydrogen-bond acceptors (Lipinski definition) is 3. The van der Waals surface area contributed by atoms with Crippen LogP contribution in [0.5, 0.6) is 0 Å². The number of hydrazine groups is 1. The van der Waals surface area contributed by atoms with Crippen LogP contribution in [0.4, 0.5) is 13.2 Å². The summed E-state index contributed by atoms with van der Waals surface area (Å²) in [5.41, 5.74) is 2.07. The lowest BCUT2D eigenvalue weighted by atomic mass is 9.93. The van der Waals surface area contributed by atoms with Crippen LogP contribution >= 0.6 is 0 Å². The van der Waals surface area contributed by atoms with Crippen LogP contribution in [-0.4, -0.2) is 23.6 Å². The summed E-state index contributed by atoms with van der Waals surface area (Å²) in [5, 5.41) is 11.1. The smallest absolute Gasteiger partial charge is 0.288 e. The summed E-state index contributed by atoms with van der Waals surface area (Å²) in [5.74, 6) is -0.460. The second-order valence-corrected chi connectivity index (χ2v) is 5.28. The molecule has 7 heteroatoms. The first-order valence-corrected chi connectivity index (χ1v) is 6.96. The summed E-state index contributed by atoms with van der Waals surface area (Å²) < 4.78 is 41.2. The van der Waals surface area contributed by atoms with E-state index in [-0.39, 0.29) is 24.1 Å². The monoisotopic (exact) mass is 319 g/mol. The molecule has 1 aliphatic heterocycles. The summed E-state index contributed by atoms with van der Waals surface area (Å²) in [6.07, 6.45) is -4.63. The van der Waals surface area contributed by atoms with Crippen molar-refractivity contribution in [3.8, 4) is 6.07 Å². The Labute approximate surface area is 130 Å². The first kappa shape index (κ1) is 15.3. The molecule has 1 atom stereocenters. The highest BCUT2D eigenvalue weighted by Gasteiger charge is 2.48. The molecule has 1 saturated heterocycles. The average Bonchev–Trinajstić information content (AvgIpc) is 2.92. The zero-order valence-electron chi connectivity index (χ0n) is 11.9. The van der Waals surface area contributed by atoms with Crippen molar-refractivity contribution in [3.05, 3.63) is 47.5 Å². The Bertz CT molecular complexity index is 810. The van der Waals surface area contributed by atoms with E-state index in [2.05, 4.69) is 5.43 Å². The van der Waals surface area contributed by atoms with Crippen LogP contribution in [0, 0.1) is 11.3 Å². The molecule has 1 heterocycles. The van der Waals surface area contributed by atoms with Crippen molar-refractivity contribution in [1.29, 1.82) is 5.26 Å². The van der Waals surface area contributed by atoms with Gasteiger partial charge < -0.3 is 0 Å². The maximum absolute atomic E-state index is 13.7. The quantitative estimate of drug-likeness (QED) is 0.925. The van der Waals surface area contributed by atoms with Gasteiger partial charge in [0, 0.05) is 18.5 Å². The van der Waals surface area contributed by atoms with Gasteiger partial charge in [0.05, 0.1) is 11.6 Å². The number of nitriles is 1. The Hall–Kier alpha value is -2.59. The number of benzene rings is 2. The normalized spacial score (nSPS) is 17.0. The van der Waals surface area contributed by atoms with Crippen molar-refractivity contribution >= 4 is 16.7 Å². The fourth-order valence-electron chi connectivity index (χ4n) is 2.87. The van der Waals surface area contributed by atoms with Crippen molar-refractivity contribution in [2.24, 2.45) is 0 Å². The van der Waals surface area contributed by atoms with Gasteiger partial charge in [0.1, 0.15) is 0 Å². The summed E-state index contributed by atoms with van der Waals surface area (Å²) in [6, 6.07) is 9.37. The van der Waals surface area contributed by atoms with Crippen LogP contribution in [0.25, 0.3) is 10.8 Å². The Balaban J connectivity index is 2.25. The van der Waals surface area contributed by atoms with Crippen molar-refractivity contribution < 1.29 is 18.0 Å². The maximum atomic E-state index is 13.7. The lowest BCUT2D eigenvalue weighted by Crippen LogP contribution is -2.44. The van der Waals surface area contributed by atoms with Gasteiger partial charge in [-0.05, 0) is 16.8 Å². The molecule has 0 spiro atoms. The number of amides is 1. The van der Waals surface area contributed by atoms with Gasteiger partial charge in [0.15, 0.2) is 6.04 Å². The molecule has 1 N–H and O–H groups in total. The second kappa shape index (κ2) is 5.56. The zero-order chi connectivity index (χ0) is 16.6. The van der Waals surface area contributed by atoms with E-state index in [4.69, 9.17) is 0 Å². The Morgan fingerprint density at radius 3 is 2.57 bits per heavy atom. The van der Waals surface area contributed by atoms with E-state index in [1.807, 2.05) is 6.07 Å². The SMILES string of the molecule is N#Cc1ccc2ccccc2c1[C@H](N1CCC(=O)N1)C(F)(F)F. The molecule has 0 aromatic heterocycles. The largest absolute Gasteiger partial charge is 0.409 e. The van der Waals surface area contributed by atoms with Gasteiger partial charge in [-0.1, -0.05) is 30.3 Å². The molecule has 0 aliphatic carbocycles. The van der Waals surface area contributed by atoms with Crippen molar-refractivity contribution in [1.82, 2.24) is 10.4 Å². The summed E-state index contributed by atoms with van der Waals surface area (Å²) in [7, 11) is 0. The van der Waals surface area contributed by atoms with Crippen LogP contribution in [-0.2, 0) is 4.79 Å². The van der Waals surface area contributed by atoms with Crippen LogP contribution in [0.1, 0.15) is 23.6 Å². The zero-order valence-corrected chi connectivity index (χ0v) is 11.9. The number of hydrogen-bond donors (Lipinski definition) is 1. The van der Waals surface area contributed by atoms with Gasteiger partial charge in [-0.25, -0.2) is 5.01 Å². The first-order chi connectivity index (χ1) is 10.9. The number of fused-ring (bicyclic) bond motifs is 1. The Kier molecular flexibility index (Phi) is 3.70. The molecule has 4 nitrogen and oxygen atoms in total. The minimum atomic E-state index is -4.63. The lowest BCUT2D eigenvalue weighted by molar-refractivity contribution is -0.190. The lowest BCUT2D eigenvalue weighted by Gasteiger charge is -2.30. The fraction of sp³-hybridized carbons (Fsp3) is 0.250. The van der Waals surface area contributed by atoms with E-state index in [0.717, 1.165) is 5.01 Å². The molecular weight excluding hydrogens is 307 g/mol. The van der Waals surface area contributed by atoms with Crippen molar-refractivity contribution in [3.63, 3.8) is 0 Å². The molecule has 2 aromatic carbocycles. The molecule has 3 rings (SSSR count). The number of carbonyl (C=O) groups is 1.